The van der Waals surface area contributed by atoms with Gasteiger partial charge in [0.15, 0.2) is 0 Å². The topological polar surface area (TPSA) is 49.3 Å². The van der Waals surface area contributed by atoms with E-state index in [1.165, 1.54) is 11.3 Å². The summed E-state index contributed by atoms with van der Waals surface area (Å²) < 4.78 is 0. The number of carbonyl (C=O) groups is 1. The summed E-state index contributed by atoms with van der Waals surface area (Å²) in [5.41, 5.74) is 1.45. The summed E-state index contributed by atoms with van der Waals surface area (Å²) in [5, 5.41) is 15.0. The average molecular weight is 296 g/mol. The lowest BCUT2D eigenvalue weighted by Crippen LogP contribution is -2.28. The fraction of sp³-hybridized carbons (Fsp3) is 0.214. The number of aliphatic hydroxyl groups excluding tert-OH is 1. The van der Waals surface area contributed by atoms with E-state index in [2.05, 4.69) is 5.32 Å². The summed E-state index contributed by atoms with van der Waals surface area (Å²) in [6.45, 7) is 2.11. The van der Waals surface area contributed by atoms with Crippen molar-refractivity contribution in [2.24, 2.45) is 0 Å². The second-order valence-electron chi connectivity index (χ2n) is 4.17. The predicted molar refractivity (Wildman–Crippen MR) is 77.8 cm³/mol. The van der Waals surface area contributed by atoms with Crippen LogP contribution < -0.4 is 5.32 Å². The highest BCUT2D eigenvalue weighted by atomic mass is 35.5. The van der Waals surface area contributed by atoms with Gasteiger partial charge in [-0.15, -0.1) is 11.3 Å². The SMILES string of the molecule is Cc1ccsc1[C@@H](O)CNC(=O)c1ccccc1Cl. The third-order valence-electron chi connectivity index (χ3n) is 2.78. The lowest BCUT2D eigenvalue weighted by Gasteiger charge is -2.12. The van der Waals surface area contributed by atoms with Crippen molar-refractivity contribution in [3.05, 3.63) is 56.7 Å². The number of carbonyl (C=O) groups excluding carboxylic acids is 1. The first-order chi connectivity index (χ1) is 9.09. The van der Waals surface area contributed by atoms with Crippen LogP contribution >= 0.6 is 22.9 Å². The first-order valence-electron chi connectivity index (χ1n) is 5.84. The van der Waals surface area contributed by atoms with Gasteiger partial charge < -0.3 is 10.4 Å². The molecule has 3 nitrogen and oxygen atoms in total. The zero-order chi connectivity index (χ0) is 13.8. The minimum absolute atomic E-state index is 0.172. The Morgan fingerprint density at radius 1 is 1.42 bits per heavy atom. The van der Waals surface area contributed by atoms with Crippen molar-refractivity contribution in [3.8, 4) is 0 Å². The standard InChI is InChI=1S/C14H14ClNO2S/c1-9-6-7-19-13(9)12(17)8-16-14(18)10-4-2-3-5-11(10)15/h2-7,12,17H,8H2,1H3,(H,16,18)/t12-/m0/s1. The Labute approximate surface area is 120 Å². The normalized spacial score (nSPS) is 12.2. The molecule has 1 aromatic heterocycles. The van der Waals surface area contributed by atoms with Gasteiger partial charge in [0.05, 0.1) is 10.6 Å². The molecule has 1 amide bonds. The van der Waals surface area contributed by atoms with E-state index in [-0.39, 0.29) is 12.5 Å². The summed E-state index contributed by atoms with van der Waals surface area (Å²) in [4.78, 5) is 12.8. The van der Waals surface area contributed by atoms with Gasteiger partial charge in [0.1, 0.15) is 6.10 Å². The van der Waals surface area contributed by atoms with Gasteiger partial charge in [-0.2, -0.15) is 0 Å². The highest BCUT2D eigenvalue weighted by Crippen LogP contribution is 2.23. The second-order valence-corrected chi connectivity index (χ2v) is 5.53. The lowest BCUT2D eigenvalue weighted by atomic mass is 10.2. The first kappa shape index (κ1) is 14.1. The van der Waals surface area contributed by atoms with Crippen LogP contribution in [0.5, 0.6) is 0 Å². The van der Waals surface area contributed by atoms with Crippen molar-refractivity contribution in [3.63, 3.8) is 0 Å². The summed E-state index contributed by atoms with van der Waals surface area (Å²) in [7, 11) is 0. The number of aryl methyl sites for hydroxylation is 1. The summed E-state index contributed by atoms with van der Waals surface area (Å²) in [6, 6.07) is 8.78. The molecule has 5 heteroatoms. The molecule has 0 bridgehead atoms. The quantitative estimate of drug-likeness (QED) is 0.910. The van der Waals surface area contributed by atoms with Gasteiger partial charge >= 0.3 is 0 Å². The van der Waals surface area contributed by atoms with Crippen LogP contribution in [0, 0.1) is 6.92 Å². The van der Waals surface area contributed by atoms with Crippen LogP contribution in [0.2, 0.25) is 5.02 Å². The van der Waals surface area contributed by atoms with Crippen LogP contribution in [-0.2, 0) is 0 Å². The molecule has 0 spiro atoms. The predicted octanol–water partition coefficient (Wildman–Crippen LogP) is 3.17. The third kappa shape index (κ3) is 3.35. The van der Waals surface area contributed by atoms with Gasteiger partial charge in [-0.25, -0.2) is 0 Å². The highest BCUT2D eigenvalue weighted by Gasteiger charge is 2.15. The zero-order valence-electron chi connectivity index (χ0n) is 10.4. The molecule has 100 valence electrons. The Balaban J connectivity index is 1.98. The Bertz CT molecular complexity index is 582. The fourth-order valence-electron chi connectivity index (χ4n) is 1.75. The van der Waals surface area contributed by atoms with Crippen molar-refractivity contribution in [1.82, 2.24) is 5.32 Å². The van der Waals surface area contributed by atoms with E-state index in [0.29, 0.717) is 10.6 Å². The molecule has 0 aliphatic rings. The number of rotatable bonds is 4. The van der Waals surface area contributed by atoms with Gasteiger partial charge in [-0.05, 0) is 36.1 Å². The van der Waals surface area contributed by atoms with E-state index >= 15 is 0 Å². The summed E-state index contributed by atoms with van der Waals surface area (Å²) >= 11 is 7.42. The zero-order valence-corrected chi connectivity index (χ0v) is 12.0. The monoisotopic (exact) mass is 295 g/mol. The van der Waals surface area contributed by atoms with E-state index in [0.717, 1.165) is 10.4 Å². The molecule has 0 aliphatic carbocycles. The van der Waals surface area contributed by atoms with Gasteiger partial charge in [0.2, 0.25) is 0 Å². The molecule has 2 aromatic rings. The van der Waals surface area contributed by atoms with Crippen molar-refractivity contribution >= 4 is 28.8 Å². The molecule has 2 rings (SSSR count). The molecule has 0 radical (unpaired) electrons. The first-order valence-corrected chi connectivity index (χ1v) is 7.10. The molecular weight excluding hydrogens is 282 g/mol. The second kappa shape index (κ2) is 6.19. The number of aliphatic hydroxyl groups is 1. The number of nitrogens with one attached hydrogen (secondary N) is 1. The molecule has 0 aliphatic heterocycles. The van der Waals surface area contributed by atoms with E-state index < -0.39 is 6.10 Å². The molecule has 19 heavy (non-hydrogen) atoms. The van der Waals surface area contributed by atoms with E-state index in [9.17, 15) is 9.90 Å². The minimum Gasteiger partial charge on any atom is -0.386 e. The van der Waals surface area contributed by atoms with Crippen molar-refractivity contribution in [2.45, 2.75) is 13.0 Å². The van der Waals surface area contributed by atoms with Gasteiger partial charge in [-0.1, -0.05) is 23.7 Å². The molecule has 0 fully saturated rings. The van der Waals surface area contributed by atoms with Crippen LogP contribution in [0.15, 0.2) is 35.7 Å². The summed E-state index contributed by atoms with van der Waals surface area (Å²) in [6.07, 6.45) is -0.688. The maximum Gasteiger partial charge on any atom is 0.252 e. The molecule has 2 N–H and O–H groups in total. The van der Waals surface area contributed by atoms with Gasteiger partial charge in [0, 0.05) is 11.4 Å². The third-order valence-corrected chi connectivity index (χ3v) is 4.23. The number of amides is 1. The van der Waals surface area contributed by atoms with Crippen LogP contribution in [0.3, 0.4) is 0 Å². The Morgan fingerprint density at radius 2 is 2.16 bits per heavy atom. The Kier molecular flexibility index (Phi) is 4.58. The van der Waals surface area contributed by atoms with Crippen LogP contribution in [0.4, 0.5) is 0 Å². The number of hydrogen-bond acceptors (Lipinski definition) is 3. The molecular formula is C14H14ClNO2S. The fourth-order valence-corrected chi connectivity index (χ4v) is 2.88. The smallest absolute Gasteiger partial charge is 0.252 e. The van der Waals surface area contributed by atoms with Gasteiger partial charge in [0.25, 0.3) is 5.91 Å². The highest BCUT2D eigenvalue weighted by molar-refractivity contribution is 7.10. The number of thiophene rings is 1. The average Bonchev–Trinajstić information content (AvgIpc) is 2.82. The molecule has 0 saturated carbocycles. The van der Waals surface area contributed by atoms with E-state index in [1.54, 1.807) is 24.3 Å². The molecule has 0 saturated heterocycles. The van der Waals surface area contributed by atoms with Crippen molar-refractivity contribution in [1.29, 1.82) is 0 Å². The number of halogens is 1. The van der Waals surface area contributed by atoms with Crippen molar-refractivity contribution in [2.75, 3.05) is 6.54 Å². The maximum atomic E-state index is 11.9. The molecule has 0 unspecified atom stereocenters. The van der Waals surface area contributed by atoms with E-state index in [4.69, 9.17) is 11.6 Å². The molecule has 1 atom stereocenters. The lowest BCUT2D eigenvalue weighted by molar-refractivity contribution is 0.0918. The molecule has 1 heterocycles. The minimum atomic E-state index is -0.688. The summed E-state index contributed by atoms with van der Waals surface area (Å²) in [5.74, 6) is -0.279. The van der Waals surface area contributed by atoms with Crippen LogP contribution in [-0.4, -0.2) is 17.6 Å². The maximum absolute atomic E-state index is 11.9. The van der Waals surface area contributed by atoms with Gasteiger partial charge in [-0.3, -0.25) is 4.79 Å². The number of benzene rings is 1. The Hall–Kier alpha value is -1.36. The largest absolute Gasteiger partial charge is 0.386 e. The Morgan fingerprint density at radius 3 is 2.79 bits per heavy atom. The van der Waals surface area contributed by atoms with Crippen molar-refractivity contribution < 1.29 is 9.90 Å². The molecule has 1 aromatic carbocycles. The number of hydrogen-bond donors (Lipinski definition) is 2. The van der Waals surface area contributed by atoms with E-state index in [1.807, 2.05) is 18.4 Å². The van der Waals surface area contributed by atoms with Crippen LogP contribution in [0.25, 0.3) is 0 Å². The van der Waals surface area contributed by atoms with Crippen LogP contribution in [0.1, 0.15) is 26.9 Å².